The van der Waals surface area contributed by atoms with Crippen LogP contribution >= 0.6 is 11.8 Å². The lowest BCUT2D eigenvalue weighted by Crippen LogP contribution is -2.44. The van der Waals surface area contributed by atoms with Crippen molar-refractivity contribution >= 4 is 17.7 Å². The number of thioether (sulfide) groups is 1. The van der Waals surface area contributed by atoms with Crippen LogP contribution in [-0.4, -0.2) is 55.0 Å². The molecule has 1 amide bonds. The highest BCUT2D eigenvalue weighted by atomic mass is 32.2. The third kappa shape index (κ3) is 3.87. The molecule has 3 N–H and O–H groups in total. The molecule has 2 fully saturated rings. The molecular formula is C13H25N3OS. The van der Waals surface area contributed by atoms with Gasteiger partial charge >= 0.3 is 0 Å². The molecule has 1 aliphatic heterocycles. The van der Waals surface area contributed by atoms with Crippen LogP contribution in [0.5, 0.6) is 0 Å². The number of nitrogens with zero attached hydrogens (tertiary/aromatic N) is 1. The molecule has 0 radical (unpaired) electrons. The summed E-state index contributed by atoms with van der Waals surface area (Å²) < 4.78 is 0. The molecule has 2 aliphatic rings. The topological polar surface area (TPSA) is 58.4 Å². The normalized spacial score (nSPS) is 23.4. The lowest BCUT2D eigenvalue weighted by atomic mass is 9.66. The van der Waals surface area contributed by atoms with Crippen molar-refractivity contribution in [1.29, 1.82) is 0 Å². The second-order valence-corrected chi connectivity index (χ2v) is 6.76. The first kappa shape index (κ1) is 14.2. The Hall–Kier alpha value is -0.260. The van der Waals surface area contributed by atoms with Crippen LogP contribution in [0.15, 0.2) is 0 Å². The fraction of sp³-hybridized carbons (Fsp3) is 0.923. The minimum absolute atomic E-state index is 0.131. The highest BCUT2D eigenvalue weighted by molar-refractivity contribution is 7.99. The van der Waals surface area contributed by atoms with Gasteiger partial charge in [-0.2, -0.15) is 11.8 Å². The zero-order valence-corrected chi connectivity index (χ0v) is 11.9. The predicted molar refractivity (Wildman–Crippen MR) is 76.7 cm³/mol. The maximum Gasteiger partial charge on any atom is 0.220 e. The van der Waals surface area contributed by atoms with Crippen molar-refractivity contribution < 1.29 is 4.79 Å². The number of amides is 1. The minimum atomic E-state index is 0.131. The minimum Gasteiger partial charge on any atom is -0.355 e. The Morgan fingerprint density at radius 1 is 1.33 bits per heavy atom. The van der Waals surface area contributed by atoms with Gasteiger partial charge in [-0.15, -0.1) is 0 Å². The van der Waals surface area contributed by atoms with E-state index in [1.165, 1.54) is 17.9 Å². The largest absolute Gasteiger partial charge is 0.355 e. The van der Waals surface area contributed by atoms with Crippen LogP contribution in [0.4, 0.5) is 0 Å². The number of rotatable bonds is 6. The maximum absolute atomic E-state index is 11.9. The third-order valence-corrected chi connectivity index (χ3v) is 5.18. The van der Waals surface area contributed by atoms with E-state index in [4.69, 9.17) is 5.73 Å². The zero-order chi connectivity index (χ0) is 12.8. The van der Waals surface area contributed by atoms with Crippen LogP contribution in [0.2, 0.25) is 0 Å². The van der Waals surface area contributed by atoms with Crippen LogP contribution < -0.4 is 11.1 Å². The van der Waals surface area contributed by atoms with Crippen molar-refractivity contribution in [2.24, 2.45) is 11.1 Å². The van der Waals surface area contributed by atoms with Gasteiger partial charge in [0.05, 0.1) is 0 Å². The molecule has 1 aliphatic carbocycles. The molecule has 18 heavy (non-hydrogen) atoms. The molecule has 1 saturated carbocycles. The molecule has 0 aromatic heterocycles. The van der Waals surface area contributed by atoms with Crippen LogP contribution in [0, 0.1) is 5.41 Å². The quantitative estimate of drug-likeness (QED) is 0.745. The second kappa shape index (κ2) is 6.78. The number of carbonyl (C=O) groups excluding carboxylic acids is 1. The van der Waals surface area contributed by atoms with E-state index in [2.05, 4.69) is 10.2 Å². The highest BCUT2D eigenvalue weighted by Crippen LogP contribution is 2.42. The first-order chi connectivity index (χ1) is 8.74. The predicted octanol–water partition coefficient (Wildman–Crippen LogP) is 0.671. The lowest BCUT2D eigenvalue weighted by molar-refractivity contribution is -0.124. The summed E-state index contributed by atoms with van der Waals surface area (Å²) in [7, 11) is 0. The van der Waals surface area contributed by atoms with E-state index in [1.807, 2.05) is 11.8 Å². The Labute approximate surface area is 114 Å². The second-order valence-electron chi connectivity index (χ2n) is 5.54. The first-order valence-electron chi connectivity index (χ1n) is 7.01. The summed E-state index contributed by atoms with van der Waals surface area (Å²) in [5.74, 6) is 2.64. The Bertz CT molecular complexity index is 270. The highest BCUT2D eigenvalue weighted by Gasteiger charge is 2.37. The Morgan fingerprint density at radius 2 is 2.06 bits per heavy atom. The Balaban J connectivity index is 1.59. The van der Waals surface area contributed by atoms with E-state index in [1.54, 1.807) is 0 Å². The van der Waals surface area contributed by atoms with Gasteiger partial charge in [0.2, 0.25) is 5.91 Å². The van der Waals surface area contributed by atoms with Crippen LogP contribution in [-0.2, 0) is 4.79 Å². The molecule has 2 rings (SSSR count). The molecule has 0 atom stereocenters. The number of carbonyl (C=O) groups is 1. The van der Waals surface area contributed by atoms with Crippen LogP contribution in [0.1, 0.15) is 25.7 Å². The standard InChI is InChI=1S/C13H25N3OS/c14-11-13(2-1-3-13)10-12(17)15-4-5-16-6-8-18-9-7-16/h1-11,14H2,(H,15,17). The van der Waals surface area contributed by atoms with Gasteiger partial charge in [-0.1, -0.05) is 6.42 Å². The molecule has 104 valence electrons. The maximum atomic E-state index is 11.9. The van der Waals surface area contributed by atoms with E-state index < -0.39 is 0 Å². The van der Waals surface area contributed by atoms with Gasteiger partial charge < -0.3 is 11.1 Å². The molecule has 4 nitrogen and oxygen atoms in total. The lowest BCUT2D eigenvalue weighted by Gasteiger charge is -2.40. The van der Waals surface area contributed by atoms with Gasteiger partial charge in [-0.05, 0) is 24.8 Å². The van der Waals surface area contributed by atoms with E-state index in [0.717, 1.165) is 39.0 Å². The summed E-state index contributed by atoms with van der Waals surface area (Å²) >= 11 is 2.02. The van der Waals surface area contributed by atoms with Gasteiger partial charge in [0, 0.05) is 44.1 Å². The number of nitrogens with one attached hydrogen (secondary N) is 1. The molecule has 0 unspecified atom stereocenters. The van der Waals surface area contributed by atoms with Crippen molar-refractivity contribution in [1.82, 2.24) is 10.2 Å². The summed E-state index contributed by atoms with van der Waals surface area (Å²) in [4.78, 5) is 14.3. The average molecular weight is 271 g/mol. The molecule has 0 aromatic carbocycles. The summed E-state index contributed by atoms with van der Waals surface area (Å²) in [5.41, 5.74) is 5.90. The van der Waals surface area contributed by atoms with Crippen molar-refractivity contribution in [3.05, 3.63) is 0 Å². The van der Waals surface area contributed by atoms with Gasteiger partial charge in [0.1, 0.15) is 0 Å². The number of nitrogens with two attached hydrogens (primary N) is 1. The zero-order valence-electron chi connectivity index (χ0n) is 11.1. The van der Waals surface area contributed by atoms with Gasteiger partial charge in [-0.3, -0.25) is 9.69 Å². The monoisotopic (exact) mass is 271 g/mol. The number of hydrogen-bond donors (Lipinski definition) is 2. The van der Waals surface area contributed by atoms with Crippen molar-refractivity contribution in [3.63, 3.8) is 0 Å². The molecule has 1 heterocycles. The van der Waals surface area contributed by atoms with Gasteiger partial charge in [0.25, 0.3) is 0 Å². The molecule has 0 aromatic rings. The number of hydrogen-bond acceptors (Lipinski definition) is 4. The van der Waals surface area contributed by atoms with E-state index >= 15 is 0 Å². The Kier molecular flexibility index (Phi) is 5.33. The third-order valence-electron chi connectivity index (χ3n) is 4.24. The fourth-order valence-electron chi connectivity index (χ4n) is 2.71. The van der Waals surface area contributed by atoms with Crippen molar-refractivity contribution in [3.8, 4) is 0 Å². The molecular weight excluding hydrogens is 246 g/mol. The molecule has 0 bridgehead atoms. The SMILES string of the molecule is NCC1(CC(=O)NCCN2CCSCC2)CCC1. The van der Waals surface area contributed by atoms with Gasteiger partial charge in [0.15, 0.2) is 0 Å². The summed E-state index contributed by atoms with van der Waals surface area (Å²) in [6.07, 6.45) is 4.11. The van der Waals surface area contributed by atoms with E-state index in [9.17, 15) is 4.79 Å². The van der Waals surface area contributed by atoms with E-state index in [-0.39, 0.29) is 11.3 Å². The van der Waals surface area contributed by atoms with Gasteiger partial charge in [-0.25, -0.2) is 0 Å². The first-order valence-corrected chi connectivity index (χ1v) is 8.16. The Morgan fingerprint density at radius 3 is 2.61 bits per heavy atom. The summed E-state index contributed by atoms with van der Waals surface area (Å²) in [6, 6.07) is 0. The summed E-state index contributed by atoms with van der Waals surface area (Å²) in [6.45, 7) is 4.75. The van der Waals surface area contributed by atoms with Crippen molar-refractivity contribution in [2.75, 3.05) is 44.2 Å². The molecule has 0 spiro atoms. The van der Waals surface area contributed by atoms with Crippen LogP contribution in [0.25, 0.3) is 0 Å². The van der Waals surface area contributed by atoms with Crippen molar-refractivity contribution in [2.45, 2.75) is 25.7 Å². The molecule has 1 saturated heterocycles. The summed E-state index contributed by atoms with van der Waals surface area (Å²) in [5, 5.41) is 3.05. The molecule has 5 heteroatoms. The smallest absolute Gasteiger partial charge is 0.220 e. The van der Waals surface area contributed by atoms with E-state index in [0.29, 0.717) is 13.0 Å². The fourth-order valence-corrected chi connectivity index (χ4v) is 3.69. The van der Waals surface area contributed by atoms with Crippen LogP contribution in [0.3, 0.4) is 0 Å². The average Bonchev–Trinajstić information content (AvgIpc) is 2.35.